The molecule has 21 heavy (non-hydrogen) atoms. The Morgan fingerprint density at radius 2 is 1.24 bits per heavy atom. The number of aliphatic carboxylic acids is 1. The summed E-state index contributed by atoms with van der Waals surface area (Å²) in [5.74, 6) is -0.240. The molecule has 1 aliphatic rings. The second-order valence-electron chi connectivity index (χ2n) is 3.93. The Hall–Kier alpha value is -2.95. The number of carboxylic acid groups (broad SMARTS) is 1. The van der Waals surface area contributed by atoms with E-state index in [0.717, 1.165) is 0 Å². The van der Waals surface area contributed by atoms with E-state index in [-0.39, 0.29) is 6.61 Å². The molecule has 2 aromatic rings. The first-order chi connectivity index (χ1) is 10.1. The molecule has 0 saturated heterocycles. The second kappa shape index (κ2) is 9.03. The number of rotatable bonds is 1. The zero-order valence-electron chi connectivity index (χ0n) is 11.2. The van der Waals surface area contributed by atoms with Crippen LogP contribution in [-0.4, -0.2) is 27.9 Å². The van der Waals surface area contributed by atoms with E-state index in [0.29, 0.717) is 17.1 Å². The number of benzene rings is 2. The third kappa shape index (κ3) is 7.27. The minimum absolute atomic E-state index is 0.259. The smallest absolute Gasteiger partial charge is 0.338 e. The predicted octanol–water partition coefficient (Wildman–Crippen LogP) is 2.77. The largest absolute Gasteiger partial charge is 0.508 e. The van der Waals surface area contributed by atoms with Gasteiger partial charge in [0, 0.05) is 0 Å². The van der Waals surface area contributed by atoms with Crippen LogP contribution in [0.25, 0.3) is 0 Å². The summed E-state index contributed by atoms with van der Waals surface area (Å²) >= 11 is 0. The Kier molecular flexibility index (Phi) is 6.93. The van der Waals surface area contributed by atoms with Crippen molar-refractivity contribution in [2.75, 3.05) is 6.61 Å². The highest BCUT2D eigenvalue weighted by Gasteiger charge is 2.13. The standard InChI is InChI=1S/2C6H6O.C4H4O3/c2*7-6-4-2-1-3-5-6;5-4(6)3-1-7-2-3/h2*1-5,7H;1H,2H2,(H,5,6). The molecule has 1 heterocycles. The fourth-order valence-corrected chi connectivity index (χ4v) is 1.13. The fourth-order valence-electron chi connectivity index (χ4n) is 1.13. The first-order valence-electron chi connectivity index (χ1n) is 6.11. The van der Waals surface area contributed by atoms with E-state index >= 15 is 0 Å². The van der Waals surface area contributed by atoms with Gasteiger partial charge < -0.3 is 20.1 Å². The lowest BCUT2D eigenvalue weighted by atomic mass is 10.3. The van der Waals surface area contributed by atoms with Gasteiger partial charge in [-0.25, -0.2) is 4.79 Å². The van der Waals surface area contributed by atoms with Gasteiger partial charge in [-0.15, -0.1) is 0 Å². The van der Waals surface area contributed by atoms with Crippen LogP contribution in [0, 0.1) is 0 Å². The molecule has 2 aromatic carbocycles. The average Bonchev–Trinajstić information content (AvgIpc) is 2.39. The Labute approximate surface area is 122 Å². The number of hydrogen-bond acceptors (Lipinski definition) is 4. The highest BCUT2D eigenvalue weighted by molar-refractivity contribution is 5.87. The van der Waals surface area contributed by atoms with Crippen molar-refractivity contribution in [2.45, 2.75) is 0 Å². The van der Waals surface area contributed by atoms with Crippen LogP contribution >= 0.6 is 0 Å². The lowest BCUT2D eigenvalue weighted by molar-refractivity contribution is -0.134. The van der Waals surface area contributed by atoms with Crippen molar-refractivity contribution >= 4 is 5.97 Å². The van der Waals surface area contributed by atoms with Crippen LogP contribution in [0.5, 0.6) is 11.5 Å². The summed E-state index contributed by atoms with van der Waals surface area (Å²) in [6.45, 7) is 0.259. The average molecular weight is 288 g/mol. The topological polar surface area (TPSA) is 87.0 Å². The molecule has 0 unspecified atom stereocenters. The van der Waals surface area contributed by atoms with Gasteiger partial charge in [-0.05, 0) is 24.3 Å². The Balaban J connectivity index is 0.000000157. The lowest BCUT2D eigenvalue weighted by Gasteiger charge is -2.09. The first kappa shape index (κ1) is 16.1. The van der Waals surface area contributed by atoms with Crippen molar-refractivity contribution < 1.29 is 24.9 Å². The number of carbonyl (C=O) groups is 1. The SMILES string of the molecule is O=C(O)C1=COC1.Oc1ccccc1.Oc1ccccc1. The minimum Gasteiger partial charge on any atom is -0.508 e. The van der Waals surface area contributed by atoms with E-state index in [1.165, 1.54) is 6.26 Å². The molecule has 0 aliphatic carbocycles. The Morgan fingerprint density at radius 3 is 1.33 bits per heavy atom. The van der Waals surface area contributed by atoms with Gasteiger partial charge in [0.2, 0.25) is 0 Å². The van der Waals surface area contributed by atoms with E-state index in [2.05, 4.69) is 4.74 Å². The zero-order chi connectivity index (χ0) is 15.5. The van der Waals surface area contributed by atoms with Gasteiger partial charge in [0.1, 0.15) is 23.7 Å². The number of para-hydroxylation sites is 2. The molecule has 0 radical (unpaired) electrons. The summed E-state index contributed by atoms with van der Waals surface area (Å²) in [5.41, 5.74) is 0.347. The molecule has 5 nitrogen and oxygen atoms in total. The van der Waals surface area contributed by atoms with E-state index in [9.17, 15) is 4.79 Å². The monoisotopic (exact) mass is 288 g/mol. The van der Waals surface area contributed by atoms with Crippen LogP contribution in [0.15, 0.2) is 72.5 Å². The molecule has 1 aliphatic heterocycles. The van der Waals surface area contributed by atoms with Crippen LogP contribution in [0.4, 0.5) is 0 Å². The zero-order valence-corrected chi connectivity index (χ0v) is 11.2. The van der Waals surface area contributed by atoms with Crippen molar-refractivity contribution in [2.24, 2.45) is 0 Å². The predicted molar refractivity (Wildman–Crippen MR) is 77.9 cm³/mol. The van der Waals surface area contributed by atoms with Gasteiger partial charge in [0.15, 0.2) is 0 Å². The minimum atomic E-state index is -0.883. The van der Waals surface area contributed by atoms with Gasteiger partial charge in [-0.1, -0.05) is 36.4 Å². The third-order valence-corrected chi connectivity index (χ3v) is 2.25. The number of ether oxygens (including phenoxy) is 1. The number of phenolic OH excluding ortho intramolecular Hbond substituents is 2. The van der Waals surface area contributed by atoms with E-state index in [1.807, 2.05) is 12.1 Å². The van der Waals surface area contributed by atoms with E-state index in [1.54, 1.807) is 48.5 Å². The van der Waals surface area contributed by atoms with Crippen molar-refractivity contribution in [3.8, 4) is 11.5 Å². The van der Waals surface area contributed by atoms with Crippen LogP contribution in [0.2, 0.25) is 0 Å². The third-order valence-electron chi connectivity index (χ3n) is 2.25. The summed E-state index contributed by atoms with van der Waals surface area (Å²) in [6.07, 6.45) is 1.24. The number of phenols is 2. The number of carboxylic acids is 1. The van der Waals surface area contributed by atoms with Crippen molar-refractivity contribution in [3.63, 3.8) is 0 Å². The number of aromatic hydroxyl groups is 2. The van der Waals surface area contributed by atoms with Crippen molar-refractivity contribution in [1.29, 1.82) is 0 Å². The molecule has 0 amide bonds. The molecule has 3 rings (SSSR count). The maximum atomic E-state index is 9.83. The fraction of sp³-hybridized carbons (Fsp3) is 0.0625. The molecular formula is C16H16O5. The molecule has 0 aromatic heterocycles. The highest BCUT2D eigenvalue weighted by atomic mass is 16.5. The maximum Gasteiger partial charge on any atom is 0.338 e. The van der Waals surface area contributed by atoms with Gasteiger partial charge in [0.25, 0.3) is 0 Å². The van der Waals surface area contributed by atoms with Gasteiger partial charge in [0.05, 0.1) is 6.26 Å². The maximum absolute atomic E-state index is 9.83. The van der Waals surface area contributed by atoms with Gasteiger partial charge >= 0.3 is 5.97 Å². The summed E-state index contributed by atoms with van der Waals surface area (Å²) < 4.78 is 4.45. The van der Waals surface area contributed by atoms with Crippen LogP contribution in [0.3, 0.4) is 0 Å². The molecule has 0 atom stereocenters. The Bertz CT molecular complexity index is 526. The van der Waals surface area contributed by atoms with Crippen molar-refractivity contribution in [3.05, 3.63) is 72.5 Å². The summed E-state index contributed by atoms with van der Waals surface area (Å²) in [5, 5.41) is 25.3. The molecule has 0 bridgehead atoms. The van der Waals surface area contributed by atoms with Crippen LogP contribution in [0.1, 0.15) is 0 Å². The van der Waals surface area contributed by atoms with Gasteiger partial charge in [-0.3, -0.25) is 0 Å². The van der Waals surface area contributed by atoms with E-state index in [4.69, 9.17) is 15.3 Å². The molecule has 110 valence electrons. The van der Waals surface area contributed by atoms with Crippen LogP contribution in [-0.2, 0) is 9.53 Å². The normalized spacial score (nSPS) is 11.1. The van der Waals surface area contributed by atoms with E-state index < -0.39 is 5.97 Å². The number of hydrogen-bond donors (Lipinski definition) is 3. The summed E-state index contributed by atoms with van der Waals surface area (Å²) in [6, 6.07) is 17.4. The first-order valence-corrected chi connectivity index (χ1v) is 6.11. The van der Waals surface area contributed by atoms with Gasteiger partial charge in [-0.2, -0.15) is 0 Å². The molecule has 0 fully saturated rings. The lowest BCUT2D eigenvalue weighted by Crippen LogP contribution is -2.13. The quantitative estimate of drug-likeness (QED) is 0.751. The summed E-state index contributed by atoms with van der Waals surface area (Å²) in [4.78, 5) is 9.83. The molecular weight excluding hydrogens is 272 g/mol. The second-order valence-corrected chi connectivity index (χ2v) is 3.93. The molecule has 0 saturated carbocycles. The summed E-state index contributed by atoms with van der Waals surface area (Å²) in [7, 11) is 0. The molecule has 0 spiro atoms. The Morgan fingerprint density at radius 1 is 0.857 bits per heavy atom. The van der Waals surface area contributed by atoms with Crippen LogP contribution < -0.4 is 0 Å². The molecule has 3 N–H and O–H groups in total. The molecule has 5 heteroatoms. The van der Waals surface area contributed by atoms with Crippen molar-refractivity contribution in [1.82, 2.24) is 0 Å². The highest BCUT2D eigenvalue weighted by Crippen LogP contribution is 2.05.